The first kappa shape index (κ1) is 67.2. The quantitative estimate of drug-likeness (QED) is 0.0262. The predicted molar refractivity (Wildman–Crippen MR) is 315 cm³/mol. The molecule has 1 atom stereocenters. The molecule has 0 fully saturated rings. The largest absolute Gasteiger partial charge is 0.462 e. The Balaban J connectivity index is 4.66. The topological polar surface area (TPSA) is 78.9 Å². The van der Waals surface area contributed by atoms with E-state index in [1.54, 1.807) is 0 Å². The van der Waals surface area contributed by atoms with Crippen molar-refractivity contribution in [1.29, 1.82) is 0 Å². The second-order valence-electron chi connectivity index (χ2n) is 17.8. The molecule has 0 rings (SSSR count). The second-order valence-corrected chi connectivity index (χ2v) is 17.8. The minimum absolute atomic E-state index is 0.128. The summed E-state index contributed by atoms with van der Waals surface area (Å²) in [5.74, 6) is -1.04. The molecule has 0 aromatic carbocycles. The third-order valence-electron chi connectivity index (χ3n) is 11.0. The van der Waals surface area contributed by atoms with Crippen molar-refractivity contribution in [3.05, 3.63) is 194 Å². The lowest BCUT2D eigenvalue weighted by Crippen LogP contribution is -2.30. The Kier molecular flexibility index (Phi) is 54.2. The zero-order chi connectivity index (χ0) is 52.9. The number of esters is 3. The molecule has 0 aliphatic carbocycles. The van der Waals surface area contributed by atoms with Crippen LogP contribution in [0.5, 0.6) is 0 Å². The summed E-state index contributed by atoms with van der Waals surface area (Å²) in [6.45, 7) is 6.25. The summed E-state index contributed by atoms with van der Waals surface area (Å²) in [6, 6.07) is 0. The van der Waals surface area contributed by atoms with Crippen molar-refractivity contribution >= 4 is 17.9 Å². The number of allylic oxidation sites excluding steroid dienone is 32. The minimum atomic E-state index is -0.835. The highest BCUT2D eigenvalue weighted by molar-refractivity contribution is 5.71. The van der Waals surface area contributed by atoms with Crippen LogP contribution in [0.2, 0.25) is 0 Å². The van der Waals surface area contributed by atoms with Gasteiger partial charge in [0, 0.05) is 19.3 Å². The first-order chi connectivity index (χ1) is 36.0. The molecule has 6 heteroatoms. The number of unbranched alkanes of at least 4 members (excludes halogenated alkanes) is 17. The van der Waals surface area contributed by atoms with E-state index in [0.29, 0.717) is 12.8 Å². The van der Waals surface area contributed by atoms with Crippen LogP contribution in [0.4, 0.5) is 0 Å². The van der Waals surface area contributed by atoms with Gasteiger partial charge in [0.15, 0.2) is 6.10 Å². The lowest BCUT2D eigenvalue weighted by atomic mass is 10.1. The molecule has 0 aliphatic heterocycles. The normalized spacial score (nSPS) is 13.6. The van der Waals surface area contributed by atoms with Crippen LogP contribution in [-0.4, -0.2) is 37.2 Å². The third-order valence-corrected chi connectivity index (χ3v) is 11.0. The van der Waals surface area contributed by atoms with Gasteiger partial charge < -0.3 is 14.2 Å². The minimum Gasteiger partial charge on any atom is -0.462 e. The van der Waals surface area contributed by atoms with Crippen molar-refractivity contribution in [3.8, 4) is 0 Å². The van der Waals surface area contributed by atoms with E-state index in [0.717, 1.165) is 116 Å². The van der Waals surface area contributed by atoms with Gasteiger partial charge in [0.05, 0.1) is 0 Å². The van der Waals surface area contributed by atoms with Crippen LogP contribution >= 0.6 is 0 Å². The second kappa shape index (κ2) is 58.8. The molecule has 1 unspecified atom stereocenters. The molecule has 0 amide bonds. The van der Waals surface area contributed by atoms with Crippen LogP contribution in [-0.2, 0) is 28.6 Å². The maximum atomic E-state index is 12.9. The van der Waals surface area contributed by atoms with E-state index in [1.807, 2.05) is 109 Å². The van der Waals surface area contributed by atoms with Crippen molar-refractivity contribution < 1.29 is 28.6 Å². The number of ether oxygens (including phenoxy) is 3. The fourth-order valence-corrected chi connectivity index (χ4v) is 6.76. The molecule has 0 saturated heterocycles. The van der Waals surface area contributed by atoms with Gasteiger partial charge in [-0.2, -0.15) is 0 Å². The van der Waals surface area contributed by atoms with Gasteiger partial charge in [-0.1, -0.05) is 279 Å². The summed E-state index contributed by atoms with van der Waals surface area (Å²) in [7, 11) is 0. The van der Waals surface area contributed by atoms with Crippen molar-refractivity contribution in [3.63, 3.8) is 0 Å². The first-order valence-corrected chi connectivity index (χ1v) is 28.2. The molecule has 6 nitrogen and oxygen atoms in total. The average Bonchev–Trinajstić information content (AvgIpc) is 3.39. The molecule has 0 aliphatic rings. The Morgan fingerprint density at radius 3 is 0.904 bits per heavy atom. The molecule has 73 heavy (non-hydrogen) atoms. The molecule has 0 radical (unpaired) electrons. The van der Waals surface area contributed by atoms with Gasteiger partial charge in [-0.15, -0.1) is 0 Å². The number of rotatable bonds is 47. The molecule has 0 bridgehead atoms. The highest BCUT2D eigenvalue weighted by Crippen LogP contribution is 2.12. The van der Waals surface area contributed by atoms with Crippen molar-refractivity contribution in [2.45, 2.75) is 194 Å². The number of carbonyl (C=O) groups excluding carboxylic acids is 3. The maximum absolute atomic E-state index is 12.9. The molecular weight excluding hydrogens is 901 g/mol. The highest BCUT2D eigenvalue weighted by Gasteiger charge is 2.19. The highest BCUT2D eigenvalue weighted by atomic mass is 16.6. The summed E-state index contributed by atoms with van der Waals surface area (Å²) >= 11 is 0. The van der Waals surface area contributed by atoms with E-state index in [2.05, 4.69) is 106 Å². The molecule has 0 heterocycles. The van der Waals surface area contributed by atoms with Crippen LogP contribution in [0.3, 0.4) is 0 Å². The maximum Gasteiger partial charge on any atom is 0.306 e. The van der Waals surface area contributed by atoms with E-state index >= 15 is 0 Å². The van der Waals surface area contributed by atoms with E-state index in [4.69, 9.17) is 14.2 Å². The van der Waals surface area contributed by atoms with Crippen LogP contribution in [0.1, 0.15) is 188 Å². The van der Waals surface area contributed by atoms with Gasteiger partial charge in [-0.25, -0.2) is 0 Å². The Morgan fingerprint density at radius 1 is 0.288 bits per heavy atom. The van der Waals surface area contributed by atoms with E-state index < -0.39 is 6.10 Å². The standard InChI is InChI=1S/C67H98O6/c1-4-7-10-13-16-19-22-25-28-31-34-37-39-42-45-48-51-54-57-60-66(69)72-63-64(73-67(70)61-58-55-52-49-46-43-40-36-33-30-27-24-21-18-15-12-9-6-3)62-71-65(68)59-56-53-50-47-44-41-38-35-32-29-26-23-20-17-14-11-8-5-2/h7,10,12-13,15-40,42,45,64H,4-6,8-9,11,14,41,43-44,46-63H2,1-3H3/b10-7-,15-12-,16-13-,20-17-,21-18-,22-19-,26-23-,27-24-,28-25-,32-29-,33-30-,34-31+,38-35-,39-37-,40-36-,45-42-. The summed E-state index contributed by atoms with van der Waals surface area (Å²) in [5, 5.41) is 0. The van der Waals surface area contributed by atoms with Gasteiger partial charge in [-0.05, 0) is 83.5 Å². The monoisotopic (exact) mass is 999 g/mol. The summed E-state index contributed by atoms with van der Waals surface area (Å²) in [6.07, 6.45) is 89.6. The zero-order valence-corrected chi connectivity index (χ0v) is 45.8. The SMILES string of the molecule is CC\C=C/C=C\C=C/C=C\C=C\C=C/C=C\CCCCCC(=O)OCC(COC(=O)CCCCCCC\C=C/C=C\C=C/C=C\CCCCC)OC(=O)CCCCCCC\C=C/C=C\C=C/C=C\C=C/CCC. The molecule has 0 spiro atoms. The number of hydrogen-bond donors (Lipinski definition) is 0. The molecule has 0 N–H and O–H groups in total. The van der Waals surface area contributed by atoms with Crippen LogP contribution in [0.15, 0.2) is 194 Å². The van der Waals surface area contributed by atoms with Crippen LogP contribution in [0.25, 0.3) is 0 Å². The fraction of sp³-hybridized carbons (Fsp3) is 0.478. The van der Waals surface area contributed by atoms with E-state index in [9.17, 15) is 14.4 Å². The number of carbonyl (C=O) groups is 3. The fourth-order valence-electron chi connectivity index (χ4n) is 6.76. The molecular formula is C67H98O6. The van der Waals surface area contributed by atoms with Gasteiger partial charge >= 0.3 is 17.9 Å². The lowest BCUT2D eigenvalue weighted by molar-refractivity contribution is -0.167. The Labute approximate surface area is 446 Å². The average molecular weight is 1000 g/mol. The Bertz CT molecular complexity index is 1810. The Morgan fingerprint density at radius 2 is 0.562 bits per heavy atom. The van der Waals surface area contributed by atoms with E-state index in [1.165, 1.54) is 25.7 Å². The van der Waals surface area contributed by atoms with Crippen molar-refractivity contribution in [2.24, 2.45) is 0 Å². The first-order valence-electron chi connectivity index (χ1n) is 28.2. The van der Waals surface area contributed by atoms with Crippen LogP contribution < -0.4 is 0 Å². The smallest absolute Gasteiger partial charge is 0.306 e. The lowest BCUT2D eigenvalue weighted by Gasteiger charge is -2.18. The molecule has 0 aromatic heterocycles. The predicted octanol–water partition coefficient (Wildman–Crippen LogP) is 19.1. The van der Waals surface area contributed by atoms with Crippen molar-refractivity contribution in [1.82, 2.24) is 0 Å². The zero-order valence-electron chi connectivity index (χ0n) is 45.8. The van der Waals surface area contributed by atoms with Gasteiger partial charge in [0.25, 0.3) is 0 Å². The molecule has 402 valence electrons. The van der Waals surface area contributed by atoms with Gasteiger partial charge in [0.1, 0.15) is 13.2 Å². The van der Waals surface area contributed by atoms with Crippen LogP contribution in [0, 0.1) is 0 Å². The summed E-state index contributed by atoms with van der Waals surface area (Å²) in [4.78, 5) is 38.2. The summed E-state index contributed by atoms with van der Waals surface area (Å²) in [5.41, 5.74) is 0. The number of hydrogen-bond acceptors (Lipinski definition) is 6. The molecule has 0 saturated carbocycles. The van der Waals surface area contributed by atoms with E-state index in [-0.39, 0.29) is 44.0 Å². The van der Waals surface area contributed by atoms with Gasteiger partial charge in [0.2, 0.25) is 0 Å². The van der Waals surface area contributed by atoms with Gasteiger partial charge in [-0.3, -0.25) is 14.4 Å². The van der Waals surface area contributed by atoms with Crippen molar-refractivity contribution in [2.75, 3.05) is 13.2 Å². The Hall–Kier alpha value is -5.75. The molecule has 0 aromatic rings. The third kappa shape index (κ3) is 57.0. The summed E-state index contributed by atoms with van der Waals surface area (Å²) < 4.78 is 16.8.